The molecule has 1 N–H and O–H groups in total. The summed E-state index contributed by atoms with van der Waals surface area (Å²) in [5.74, 6) is 1.38. The average molecular weight is 467 g/mol. The Balaban J connectivity index is 1.47. The number of carbonyl (C=O) groups excluding carboxylic acids is 1. The second kappa shape index (κ2) is 11.6. The second-order valence-electron chi connectivity index (χ2n) is 7.83. The fraction of sp³-hybridized carbons (Fsp3) is 0.100. The molecule has 0 bridgehead atoms. The van der Waals surface area contributed by atoms with E-state index in [-0.39, 0.29) is 11.5 Å². The van der Waals surface area contributed by atoms with Crippen molar-refractivity contribution in [1.29, 1.82) is 0 Å². The molecule has 0 aliphatic carbocycles. The summed E-state index contributed by atoms with van der Waals surface area (Å²) in [6, 6.07) is 29.5. The fourth-order valence-corrected chi connectivity index (χ4v) is 3.48. The van der Waals surface area contributed by atoms with Crippen LogP contribution in [0.4, 0.5) is 0 Å². The average Bonchev–Trinajstić information content (AvgIpc) is 2.91. The Morgan fingerprint density at radius 1 is 0.771 bits per heavy atom. The minimum absolute atomic E-state index is 0.0873. The van der Waals surface area contributed by atoms with Gasteiger partial charge >= 0.3 is 0 Å². The zero-order valence-electron chi connectivity index (χ0n) is 19.4. The Kier molecular flexibility index (Phi) is 7.81. The Bertz CT molecular complexity index is 1300. The van der Waals surface area contributed by atoms with E-state index in [1.165, 1.54) is 19.3 Å². The molecule has 0 saturated heterocycles. The molecule has 0 atom stereocenters. The highest BCUT2D eigenvalue weighted by Gasteiger charge is 2.12. The smallest absolute Gasteiger partial charge is 0.189 e. The molecule has 5 nitrogen and oxygen atoms in total. The van der Waals surface area contributed by atoms with E-state index >= 15 is 0 Å². The van der Waals surface area contributed by atoms with Crippen molar-refractivity contribution < 1.29 is 24.1 Å². The van der Waals surface area contributed by atoms with Crippen LogP contribution in [-0.2, 0) is 13.2 Å². The molecule has 0 aliphatic rings. The molecule has 0 fully saturated rings. The number of hydrogen-bond donors (Lipinski definition) is 1. The Morgan fingerprint density at radius 3 is 2.09 bits per heavy atom. The lowest BCUT2D eigenvalue weighted by atomic mass is 10.1. The summed E-state index contributed by atoms with van der Waals surface area (Å²) in [5, 5.41) is 9.90. The van der Waals surface area contributed by atoms with E-state index in [4.69, 9.17) is 14.2 Å². The summed E-state index contributed by atoms with van der Waals surface area (Å²) in [5.41, 5.74) is 3.14. The minimum atomic E-state index is -0.224. The van der Waals surface area contributed by atoms with Crippen LogP contribution in [0.2, 0.25) is 0 Å². The molecule has 0 spiro atoms. The molecule has 0 aliphatic heterocycles. The number of ether oxygens (including phenoxy) is 3. The number of aromatic hydroxyl groups is 1. The zero-order chi connectivity index (χ0) is 24.5. The van der Waals surface area contributed by atoms with E-state index in [2.05, 4.69) is 0 Å². The maximum Gasteiger partial charge on any atom is 0.189 e. The maximum absolute atomic E-state index is 12.9. The van der Waals surface area contributed by atoms with Gasteiger partial charge in [0.05, 0.1) is 12.7 Å². The zero-order valence-corrected chi connectivity index (χ0v) is 19.4. The number of hydrogen-bond acceptors (Lipinski definition) is 5. The van der Waals surface area contributed by atoms with Gasteiger partial charge in [-0.3, -0.25) is 4.79 Å². The number of phenols is 1. The van der Waals surface area contributed by atoms with Gasteiger partial charge in [0.2, 0.25) is 0 Å². The van der Waals surface area contributed by atoms with Gasteiger partial charge in [0.1, 0.15) is 36.2 Å². The van der Waals surface area contributed by atoms with Crippen molar-refractivity contribution in [3.05, 3.63) is 125 Å². The standard InChI is InChI=1S/C30H26O5/c1-33-30-19-26(34-20-22-8-4-2-5-9-22)15-16-27(30)28(32)17-13-24-12-14-25(31)18-29(24)35-21-23-10-6-3-7-11-23/h2-19,31H,20-21H2,1H3. The summed E-state index contributed by atoms with van der Waals surface area (Å²) < 4.78 is 17.2. The third-order valence-corrected chi connectivity index (χ3v) is 5.34. The van der Waals surface area contributed by atoms with Crippen molar-refractivity contribution in [3.63, 3.8) is 0 Å². The van der Waals surface area contributed by atoms with Gasteiger partial charge in [-0.2, -0.15) is 0 Å². The van der Waals surface area contributed by atoms with E-state index in [0.717, 1.165) is 11.1 Å². The maximum atomic E-state index is 12.9. The predicted molar refractivity (Wildman–Crippen MR) is 136 cm³/mol. The van der Waals surface area contributed by atoms with Gasteiger partial charge in [-0.25, -0.2) is 0 Å². The number of benzene rings is 4. The lowest BCUT2D eigenvalue weighted by Crippen LogP contribution is -2.01. The van der Waals surface area contributed by atoms with Crippen LogP contribution in [0, 0.1) is 0 Å². The lowest BCUT2D eigenvalue weighted by Gasteiger charge is -2.11. The van der Waals surface area contributed by atoms with E-state index in [0.29, 0.717) is 41.6 Å². The number of allylic oxidation sites excluding steroid dienone is 1. The van der Waals surface area contributed by atoms with E-state index < -0.39 is 0 Å². The minimum Gasteiger partial charge on any atom is -0.508 e. The largest absolute Gasteiger partial charge is 0.508 e. The third kappa shape index (κ3) is 6.51. The monoisotopic (exact) mass is 466 g/mol. The topological polar surface area (TPSA) is 65.0 Å². The highest BCUT2D eigenvalue weighted by Crippen LogP contribution is 2.29. The van der Waals surface area contributed by atoms with Crippen LogP contribution >= 0.6 is 0 Å². The first-order chi connectivity index (χ1) is 17.1. The van der Waals surface area contributed by atoms with E-state index in [9.17, 15) is 9.90 Å². The van der Waals surface area contributed by atoms with Crippen LogP contribution in [0.3, 0.4) is 0 Å². The lowest BCUT2D eigenvalue weighted by molar-refractivity contribution is 0.104. The van der Waals surface area contributed by atoms with Crippen LogP contribution in [0.15, 0.2) is 103 Å². The molecule has 0 amide bonds. The molecule has 0 heterocycles. The van der Waals surface area contributed by atoms with Gasteiger partial charge < -0.3 is 19.3 Å². The molecule has 4 aromatic carbocycles. The van der Waals surface area contributed by atoms with E-state index in [1.54, 1.807) is 36.4 Å². The van der Waals surface area contributed by atoms with Gasteiger partial charge in [0, 0.05) is 17.7 Å². The molecule has 4 aromatic rings. The molecule has 0 aromatic heterocycles. The molecule has 5 heteroatoms. The molecular formula is C30H26O5. The number of ketones is 1. The molecule has 176 valence electrons. The van der Waals surface area contributed by atoms with Gasteiger partial charge in [-0.1, -0.05) is 60.7 Å². The first-order valence-corrected chi connectivity index (χ1v) is 11.2. The number of phenolic OH excluding ortho intramolecular Hbond substituents is 1. The summed E-state index contributed by atoms with van der Waals surface area (Å²) in [7, 11) is 1.52. The number of methoxy groups -OCH3 is 1. The summed E-state index contributed by atoms with van der Waals surface area (Å²) in [4.78, 5) is 12.9. The van der Waals surface area contributed by atoms with Gasteiger partial charge in [-0.15, -0.1) is 0 Å². The van der Waals surface area contributed by atoms with Crippen molar-refractivity contribution in [2.24, 2.45) is 0 Å². The van der Waals surface area contributed by atoms with Gasteiger partial charge in [0.15, 0.2) is 5.78 Å². The van der Waals surface area contributed by atoms with Crippen molar-refractivity contribution in [2.45, 2.75) is 13.2 Å². The first-order valence-electron chi connectivity index (χ1n) is 11.2. The van der Waals surface area contributed by atoms with Crippen LogP contribution in [0.25, 0.3) is 6.08 Å². The Labute approximate surface area is 204 Å². The predicted octanol–water partition coefficient (Wildman–Crippen LogP) is 6.45. The highest BCUT2D eigenvalue weighted by atomic mass is 16.5. The molecule has 4 rings (SSSR count). The first kappa shape index (κ1) is 23.6. The van der Waals surface area contributed by atoms with Crippen molar-refractivity contribution in [2.75, 3.05) is 7.11 Å². The fourth-order valence-electron chi connectivity index (χ4n) is 3.48. The third-order valence-electron chi connectivity index (χ3n) is 5.34. The molecule has 0 radical (unpaired) electrons. The summed E-state index contributed by atoms with van der Waals surface area (Å²) >= 11 is 0. The Hall–Kier alpha value is -4.51. The molecular weight excluding hydrogens is 440 g/mol. The summed E-state index contributed by atoms with van der Waals surface area (Å²) in [6.07, 6.45) is 3.13. The SMILES string of the molecule is COc1cc(OCc2ccccc2)ccc1C(=O)C=Cc1ccc(O)cc1OCc1ccccc1. The van der Waals surface area contributed by atoms with E-state index in [1.807, 2.05) is 60.7 Å². The quantitative estimate of drug-likeness (QED) is 0.215. The highest BCUT2D eigenvalue weighted by molar-refractivity contribution is 6.08. The number of carbonyl (C=O) groups is 1. The molecule has 0 saturated carbocycles. The van der Waals surface area contributed by atoms with Crippen molar-refractivity contribution in [3.8, 4) is 23.0 Å². The van der Waals surface area contributed by atoms with Crippen molar-refractivity contribution >= 4 is 11.9 Å². The van der Waals surface area contributed by atoms with Gasteiger partial charge in [-0.05, 0) is 47.5 Å². The van der Waals surface area contributed by atoms with Crippen LogP contribution in [0.1, 0.15) is 27.0 Å². The van der Waals surface area contributed by atoms with Crippen LogP contribution in [-0.4, -0.2) is 18.0 Å². The van der Waals surface area contributed by atoms with Crippen LogP contribution in [0.5, 0.6) is 23.0 Å². The van der Waals surface area contributed by atoms with Crippen LogP contribution < -0.4 is 14.2 Å². The second-order valence-corrected chi connectivity index (χ2v) is 7.83. The number of rotatable bonds is 10. The van der Waals surface area contributed by atoms with Gasteiger partial charge in [0.25, 0.3) is 0 Å². The molecule has 35 heavy (non-hydrogen) atoms. The Morgan fingerprint density at radius 2 is 1.43 bits per heavy atom. The summed E-state index contributed by atoms with van der Waals surface area (Å²) in [6.45, 7) is 0.765. The normalized spacial score (nSPS) is 10.8. The van der Waals surface area contributed by atoms with Crippen molar-refractivity contribution in [1.82, 2.24) is 0 Å². The molecule has 0 unspecified atom stereocenters.